The lowest BCUT2D eigenvalue weighted by atomic mass is 10.3. The zero-order valence-corrected chi connectivity index (χ0v) is 13.8. The highest BCUT2D eigenvalue weighted by Crippen LogP contribution is 2.11. The number of likely N-dealkylation sites (tertiary alicyclic amines) is 1. The molecule has 2 rings (SSSR count). The lowest BCUT2D eigenvalue weighted by Crippen LogP contribution is -2.44. The first-order chi connectivity index (χ1) is 10.1. The van der Waals surface area contributed by atoms with Gasteiger partial charge in [0.25, 0.3) is 0 Å². The van der Waals surface area contributed by atoms with Gasteiger partial charge in [-0.1, -0.05) is 0 Å². The van der Waals surface area contributed by atoms with E-state index in [2.05, 4.69) is 20.5 Å². The largest absolute Gasteiger partial charge is 0.357 e. The van der Waals surface area contributed by atoms with Gasteiger partial charge in [-0.25, -0.2) is 8.42 Å². The van der Waals surface area contributed by atoms with Gasteiger partial charge in [0.2, 0.25) is 0 Å². The molecule has 1 atom stereocenters. The highest BCUT2D eigenvalue weighted by Gasteiger charge is 2.28. The summed E-state index contributed by atoms with van der Waals surface area (Å²) in [6.45, 7) is 7.15. The van der Waals surface area contributed by atoms with Crippen LogP contribution in [0.5, 0.6) is 0 Å². The molecule has 0 saturated carbocycles. The molecule has 2 N–H and O–H groups in total. The van der Waals surface area contributed by atoms with Crippen LogP contribution in [0.15, 0.2) is 4.99 Å². The molecule has 2 fully saturated rings. The van der Waals surface area contributed by atoms with Crippen LogP contribution in [0.3, 0.4) is 0 Å². The molecule has 0 aromatic rings. The summed E-state index contributed by atoms with van der Waals surface area (Å²) in [5, 5.41) is 6.44. The molecule has 0 aromatic heterocycles. The fourth-order valence-corrected chi connectivity index (χ4v) is 4.59. The Labute approximate surface area is 128 Å². The molecule has 6 nitrogen and oxygen atoms in total. The number of nitrogens with zero attached hydrogens (tertiary/aromatic N) is 2. The molecule has 0 aromatic carbocycles. The Hall–Kier alpha value is -0.820. The second kappa shape index (κ2) is 7.98. The SMILES string of the molecule is CCNC(=NCCCN1CCCC1)NC1CCS(=O)(=O)C1. The van der Waals surface area contributed by atoms with E-state index < -0.39 is 9.84 Å². The third-order valence-electron chi connectivity index (χ3n) is 4.02. The van der Waals surface area contributed by atoms with Gasteiger partial charge in [0.1, 0.15) is 0 Å². The molecule has 0 amide bonds. The Morgan fingerprint density at radius 3 is 2.71 bits per heavy atom. The molecule has 2 saturated heterocycles. The van der Waals surface area contributed by atoms with Crippen LogP contribution in [0.4, 0.5) is 0 Å². The van der Waals surface area contributed by atoms with Crippen molar-refractivity contribution in [3.8, 4) is 0 Å². The van der Waals surface area contributed by atoms with Crippen molar-refractivity contribution in [3.63, 3.8) is 0 Å². The summed E-state index contributed by atoms with van der Waals surface area (Å²) in [5.74, 6) is 1.27. The van der Waals surface area contributed by atoms with Crippen LogP contribution >= 0.6 is 0 Å². The van der Waals surface area contributed by atoms with Crippen LogP contribution in [0.2, 0.25) is 0 Å². The minimum atomic E-state index is -2.84. The van der Waals surface area contributed by atoms with Crippen LogP contribution in [-0.2, 0) is 9.84 Å². The second-order valence-corrected chi connectivity index (χ2v) is 8.14. The molecular weight excluding hydrogens is 288 g/mol. The van der Waals surface area contributed by atoms with Crippen molar-refractivity contribution in [2.24, 2.45) is 4.99 Å². The third kappa shape index (κ3) is 5.82. The number of nitrogens with one attached hydrogen (secondary N) is 2. The van der Waals surface area contributed by atoms with E-state index in [1.54, 1.807) is 0 Å². The number of guanidine groups is 1. The van der Waals surface area contributed by atoms with Gasteiger partial charge in [0.15, 0.2) is 15.8 Å². The molecule has 2 aliphatic rings. The maximum absolute atomic E-state index is 11.5. The molecule has 0 radical (unpaired) electrons. The Balaban J connectivity index is 1.73. The molecule has 0 aliphatic carbocycles. The molecule has 0 spiro atoms. The van der Waals surface area contributed by atoms with Crippen molar-refractivity contribution in [2.75, 3.05) is 44.2 Å². The minimum absolute atomic E-state index is 0.00591. The van der Waals surface area contributed by atoms with Crippen LogP contribution in [0.25, 0.3) is 0 Å². The van der Waals surface area contributed by atoms with Gasteiger partial charge >= 0.3 is 0 Å². The summed E-state index contributed by atoms with van der Waals surface area (Å²) >= 11 is 0. The monoisotopic (exact) mass is 316 g/mol. The molecule has 21 heavy (non-hydrogen) atoms. The zero-order chi connectivity index (χ0) is 15.1. The van der Waals surface area contributed by atoms with E-state index >= 15 is 0 Å². The quantitative estimate of drug-likeness (QED) is 0.416. The van der Waals surface area contributed by atoms with Gasteiger partial charge in [0, 0.05) is 19.1 Å². The lowest BCUT2D eigenvalue weighted by Gasteiger charge is -2.16. The molecule has 7 heteroatoms. The van der Waals surface area contributed by atoms with Crippen LogP contribution < -0.4 is 10.6 Å². The zero-order valence-electron chi connectivity index (χ0n) is 13.0. The van der Waals surface area contributed by atoms with Gasteiger partial charge in [0.05, 0.1) is 11.5 Å². The predicted molar refractivity (Wildman–Crippen MR) is 86.5 cm³/mol. The molecule has 1 unspecified atom stereocenters. The Bertz CT molecular complexity index is 444. The van der Waals surface area contributed by atoms with E-state index in [9.17, 15) is 8.42 Å². The van der Waals surface area contributed by atoms with Gasteiger partial charge in [-0.3, -0.25) is 4.99 Å². The summed E-state index contributed by atoms with van der Waals surface area (Å²) in [4.78, 5) is 7.04. The first kappa shape index (κ1) is 16.5. The van der Waals surface area contributed by atoms with E-state index in [1.807, 2.05) is 6.92 Å². The van der Waals surface area contributed by atoms with Gasteiger partial charge in [-0.2, -0.15) is 0 Å². The number of aliphatic imine (C=N–C) groups is 1. The highest BCUT2D eigenvalue weighted by atomic mass is 32.2. The molecule has 2 heterocycles. The first-order valence-corrected chi connectivity index (χ1v) is 9.89. The highest BCUT2D eigenvalue weighted by molar-refractivity contribution is 7.91. The number of hydrogen-bond donors (Lipinski definition) is 2. The lowest BCUT2D eigenvalue weighted by molar-refractivity contribution is 0.336. The summed E-state index contributed by atoms with van der Waals surface area (Å²) < 4.78 is 23.0. The van der Waals surface area contributed by atoms with Crippen LogP contribution in [0.1, 0.15) is 32.6 Å². The van der Waals surface area contributed by atoms with Gasteiger partial charge in [-0.15, -0.1) is 0 Å². The number of hydrogen-bond acceptors (Lipinski definition) is 4. The average Bonchev–Trinajstić information content (AvgIpc) is 3.04. The number of rotatable bonds is 6. The molecular formula is C14H28N4O2S. The van der Waals surface area contributed by atoms with Crippen molar-refractivity contribution < 1.29 is 8.42 Å². The topological polar surface area (TPSA) is 73.8 Å². The van der Waals surface area contributed by atoms with E-state index in [4.69, 9.17) is 0 Å². The summed E-state index contributed by atoms with van der Waals surface area (Å²) in [5.41, 5.74) is 0. The Morgan fingerprint density at radius 1 is 1.33 bits per heavy atom. The predicted octanol–water partition coefficient (Wildman–Crippen LogP) is 0.215. The normalized spacial score (nSPS) is 26.1. The second-order valence-electron chi connectivity index (χ2n) is 5.91. The minimum Gasteiger partial charge on any atom is -0.357 e. The molecule has 122 valence electrons. The van der Waals surface area contributed by atoms with Crippen molar-refractivity contribution in [3.05, 3.63) is 0 Å². The Morgan fingerprint density at radius 2 is 2.10 bits per heavy atom. The fourth-order valence-electron chi connectivity index (χ4n) is 2.91. The van der Waals surface area contributed by atoms with E-state index in [1.165, 1.54) is 25.9 Å². The first-order valence-electron chi connectivity index (χ1n) is 8.07. The van der Waals surface area contributed by atoms with Crippen LogP contribution in [-0.4, -0.2) is 69.5 Å². The van der Waals surface area contributed by atoms with Crippen molar-refractivity contribution >= 4 is 15.8 Å². The van der Waals surface area contributed by atoms with Crippen molar-refractivity contribution in [1.29, 1.82) is 0 Å². The number of sulfone groups is 1. The summed E-state index contributed by atoms with van der Waals surface area (Å²) in [6.07, 6.45) is 4.38. The average molecular weight is 316 g/mol. The summed E-state index contributed by atoms with van der Waals surface area (Å²) in [6, 6.07) is 0.00591. The van der Waals surface area contributed by atoms with Crippen molar-refractivity contribution in [2.45, 2.75) is 38.6 Å². The molecule has 2 aliphatic heterocycles. The third-order valence-corrected chi connectivity index (χ3v) is 5.79. The maximum atomic E-state index is 11.5. The summed E-state index contributed by atoms with van der Waals surface area (Å²) in [7, 11) is -2.84. The van der Waals surface area contributed by atoms with E-state index in [-0.39, 0.29) is 11.8 Å². The van der Waals surface area contributed by atoms with E-state index in [0.717, 1.165) is 32.0 Å². The standard InChI is InChI=1S/C14H28N4O2S/c1-2-15-14(17-13-6-11-21(19,20)12-13)16-7-5-10-18-8-3-4-9-18/h13H,2-12H2,1H3,(H2,15,16,17). The van der Waals surface area contributed by atoms with Crippen LogP contribution in [0, 0.1) is 0 Å². The van der Waals surface area contributed by atoms with Crippen molar-refractivity contribution in [1.82, 2.24) is 15.5 Å². The molecule has 0 bridgehead atoms. The smallest absolute Gasteiger partial charge is 0.191 e. The Kier molecular flexibility index (Phi) is 6.29. The maximum Gasteiger partial charge on any atom is 0.191 e. The fraction of sp³-hybridized carbons (Fsp3) is 0.929. The van der Waals surface area contributed by atoms with Gasteiger partial charge < -0.3 is 15.5 Å². The van der Waals surface area contributed by atoms with Gasteiger partial charge in [-0.05, 0) is 52.2 Å². The van der Waals surface area contributed by atoms with E-state index in [0.29, 0.717) is 12.2 Å².